The molecule has 5 heteroatoms. The first-order chi connectivity index (χ1) is 8.56. The Kier molecular flexibility index (Phi) is 5.42. The average molecular weight is 252 g/mol. The number of likely N-dealkylation sites (N-methyl/N-ethyl adjacent to an activating group) is 1. The van der Waals surface area contributed by atoms with Crippen molar-refractivity contribution in [1.82, 2.24) is 9.88 Å². The third-order valence-corrected chi connectivity index (χ3v) is 2.71. The normalized spacial score (nSPS) is 10.2. The predicted octanol–water partition coefficient (Wildman–Crippen LogP) is 1.32. The molecule has 18 heavy (non-hydrogen) atoms. The number of rotatable bonds is 6. The third kappa shape index (κ3) is 3.91. The maximum atomic E-state index is 11.7. The maximum Gasteiger partial charge on any atom is 0.260 e. The second-order valence-corrected chi connectivity index (χ2v) is 4.25. The molecule has 100 valence electrons. The van der Waals surface area contributed by atoms with Gasteiger partial charge in [-0.15, -0.1) is 0 Å². The number of H-pyrrole nitrogens is 1. The van der Waals surface area contributed by atoms with Crippen LogP contribution in [-0.4, -0.2) is 36.0 Å². The fourth-order valence-electron chi connectivity index (χ4n) is 1.51. The van der Waals surface area contributed by atoms with Crippen LogP contribution in [0.2, 0.25) is 0 Å². The molecule has 5 nitrogen and oxygen atoms in total. The van der Waals surface area contributed by atoms with Crippen molar-refractivity contribution in [2.45, 2.75) is 26.7 Å². The highest BCUT2D eigenvalue weighted by atomic mass is 16.5. The first kappa shape index (κ1) is 14.3. The summed E-state index contributed by atoms with van der Waals surface area (Å²) in [5.41, 5.74) is 0.418. The van der Waals surface area contributed by atoms with E-state index in [4.69, 9.17) is 4.74 Å². The molecule has 0 radical (unpaired) electrons. The van der Waals surface area contributed by atoms with Crippen molar-refractivity contribution in [1.29, 1.82) is 0 Å². The van der Waals surface area contributed by atoms with Crippen molar-refractivity contribution in [2.24, 2.45) is 0 Å². The van der Waals surface area contributed by atoms with Crippen LogP contribution in [-0.2, 0) is 4.79 Å². The van der Waals surface area contributed by atoms with Crippen molar-refractivity contribution >= 4 is 5.91 Å². The summed E-state index contributed by atoms with van der Waals surface area (Å²) in [5.74, 6) is 0.0980. The van der Waals surface area contributed by atoms with Crippen LogP contribution in [0.3, 0.4) is 0 Å². The number of nitrogens with zero attached hydrogens (tertiary/aromatic N) is 1. The molecule has 0 bridgehead atoms. The molecule has 0 aromatic carbocycles. The number of carbonyl (C=O) groups excluding carboxylic acids is 1. The van der Waals surface area contributed by atoms with Crippen LogP contribution in [0.4, 0.5) is 0 Å². The second kappa shape index (κ2) is 6.83. The highest BCUT2D eigenvalue weighted by molar-refractivity contribution is 5.77. The number of ether oxygens (including phenoxy) is 1. The van der Waals surface area contributed by atoms with Gasteiger partial charge in [-0.3, -0.25) is 9.59 Å². The molecule has 0 aliphatic rings. The quantitative estimate of drug-likeness (QED) is 0.830. The van der Waals surface area contributed by atoms with Crippen molar-refractivity contribution in [3.8, 4) is 5.75 Å². The number of aromatic nitrogens is 1. The zero-order valence-corrected chi connectivity index (χ0v) is 11.2. The molecule has 1 aromatic heterocycles. The van der Waals surface area contributed by atoms with E-state index < -0.39 is 0 Å². The number of aromatic amines is 1. The van der Waals surface area contributed by atoms with Gasteiger partial charge in [0.05, 0.1) is 5.69 Å². The number of hydrogen-bond acceptors (Lipinski definition) is 3. The summed E-state index contributed by atoms with van der Waals surface area (Å²) in [6.07, 6.45) is 3.56. The number of unbranched alkanes of at least 4 members (excludes halogenated alkanes) is 1. The lowest BCUT2D eigenvalue weighted by molar-refractivity contribution is -0.132. The van der Waals surface area contributed by atoms with E-state index in [0.717, 1.165) is 12.8 Å². The lowest BCUT2D eigenvalue weighted by atomic mass is 10.3. The zero-order valence-electron chi connectivity index (χ0n) is 11.2. The number of pyridine rings is 1. The third-order valence-electron chi connectivity index (χ3n) is 2.71. The molecule has 0 fully saturated rings. The van der Waals surface area contributed by atoms with Gasteiger partial charge in [0.2, 0.25) is 5.43 Å². The summed E-state index contributed by atoms with van der Waals surface area (Å²) in [4.78, 5) is 27.8. The van der Waals surface area contributed by atoms with Gasteiger partial charge in [-0.25, -0.2) is 0 Å². The van der Waals surface area contributed by atoms with E-state index in [0.29, 0.717) is 12.2 Å². The Hall–Kier alpha value is -1.78. The standard InChI is InChI=1S/C13H20N2O3/c1-4-5-8-15(3)12(17)9-18-13-10(2)14-7-6-11(13)16/h6-7H,4-5,8-9H2,1-3H3,(H,14,16). The number of nitrogens with one attached hydrogen (secondary N) is 1. The van der Waals surface area contributed by atoms with Gasteiger partial charge in [-0.1, -0.05) is 13.3 Å². The summed E-state index contributed by atoms with van der Waals surface area (Å²) in [7, 11) is 1.74. The van der Waals surface area contributed by atoms with Crippen LogP contribution < -0.4 is 10.2 Å². The highest BCUT2D eigenvalue weighted by Gasteiger charge is 2.11. The summed E-state index contributed by atoms with van der Waals surface area (Å²) >= 11 is 0. The maximum absolute atomic E-state index is 11.7. The van der Waals surface area contributed by atoms with Crippen LogP contribution in [0.25, 0.3) is 0 Å². The van der Waals surface area contributed by atoms with E-state index >= 15 is 0 Å². The van der Waals surface area contributed by atoms with Crippen LogP contribution >= 0.6 is 0 Å². The Balaban J connectivity index is 2.55. The minimum atomic E-state index is -0.213. The Morgan fingerprint density at radius 2 is 2.22 bits per heavy atom. The van der Waals surface area contributed by atoms with E-state index in [1.54, 1.807) is 25.1 Å². The lowest BCUT2D eigenvalue weighted by Crippen LogP contribution is -2.32. The van der Waals surface area contributed by atoms with Crippen molar-refractivity contribution in [2.75, 3.05) is 20.2 Å². The highest BCUT2D eigenvalue weighted by Crippen LogP contribution is 2.07. The first-order valence-electron chi connectivity index (χ1n) is 6.11. The largest absolute Gasteiger partial charge is 0.478 e. The number of aryl methyl sites for hydroxylation is 1. The molecule has 0 aliphatic heterocycles. The molecule has 0 atom stereocenters. The second-order valence-electron chi connectivity index (χ2n) is 4.25. The van der Waals surface area contributed by atoms with Crippen LogP contribution in [0.5, 0.6) is 5.75 Å². The predicted molar refractivity (Wildman–Crippen MR) is 69.8 cm³/mol. The van der Waals surface area contributed by atoms with E-state index in [2.05, 4.69) is 11.9 Å². The molecule has 1 amide bonds. The molecule has 1 rings (SSSR count). The summed E-state index contributed by atoms with van der Waals surface area (Å²) < 4.78 is 5.30. The molecule has 1 aromatic rings. The summed E-state index contributed by atoms with van der Waals surface area (Å²) in [6, 6.07) is 1.38. The van der Waals surface area contributed by atoms with Crippen LogP contribution in [0, 0.1) is 6.92 Å². The molecule has 0 spiro atoms. The summed E-state index contributed by atoms with van der Waals surface area (Å²) in [5, 5.41) is 0. The molecule has 1 heterocycles. The van der Waals surface area contributed by atoms with Crippen molar-refractivity contribution < 1.29 is 9.53 Å². The molecule has 0 aliphatic carbocycles. The van der Waals surface area contributed by atoms with Gasteiger partial charge in [0, 0.05) is 25.9 Å². The minimum Gasteiger partial charge on any atom is -0.478 e. The average Bonchev–Trinajstić information content (AvgIpc) is 2.35. The van der Waals surface area contributed by atoms with E-state index in [-0.39, 0.29) is 23.7 Å². The number of carbonyl (C=O) groups is 1. The van der Waals surface area contributed by atoms with Gasteiger partial charge < -0.3 is 14.6 Å². The monoisotopic (exact) mass is 252 g/mol. The van der Waals surface area contributed by atoms with Crippen molar-refractivity contribution in [3.63, 3.8) is 0 Å². The molecule has 0 saturated heterocycles. The van der Waals surface area contributed by atoms with Gasteiger partial charge in [-0.2, -0.15) is 0 Å². The minimum absolute atomic E-state index is 0.103. The Bertz CT molecular complexity index is 454. The molecule has 0 saturated carbocycles. The summed E-state index contributed by atoms with van der Waals surface area (Å²) in [6.45, 7) is 4.42. The van der Waals surface area contributed by atoms with Crippen LogP contribution in [0.1, 0.15) is 25.5 Å². The van der Waals surface area contributed by atoms with Crippen molar-refractivity contribution in [3.05, 3.63) is 28.2 Å². The van der Waals surface area contributed by atoms with E-state index in [1.807, 2.05) is 0 Å². The van der Waals surface area contributed by atoms with Crippen LogP contribution in [0.15, 0.2) is 17.1 Å². The molecule has 1 N–H and O–H groups in total. The zero-order chi connectivity index (χ0) is 13.5. The number of hydrogen-bond donors (Lipinski definition) is 1. The fourth-order valence-corrected chi connectivity index (χ4v) is 1.51. The van der Waals surface area contributed by atoms with Gasteiger partial charge >= 0.3 is 0 Å². The van der Waals surface area contributed by atoms with E-state index in [9.17, 15) is 9.59 Å². The Morgan fingerprint density at radius 1 is 1.50 bits per heavy atom. The van der Waals surface area contributed by atoms with Gasteiger partial charge in [0.1, 0.15) is 0 Å². The molecular weight excluding hydrogens is 232 g/mol. The topological polar surface area (TPSA) is 62.4 Å². The number of amides is 1. The first-order valence-corrected chi connectivity index (χ1v) is 6.11. The van der Waals surface area contributed by atoms with Gasteiger partial charge in [0.25, 0.3) is 5.91 Å². The molecule has 0 unspecified atom stereocenters. The van der Waals surface area contributed by atoms with E-state index in [1.165, 1.54) is 6.07 Å². The molecular formula is C13H20N2O3. The van der Waals surface area contributed by atoms with Gasteiger partial charge in [0.15, 0.2) is 12.4 Å². The Morgan fingerprint density at radius 3 is 2.83 bits per heavy atom. The fraction of sp³-hybridized carbons (Fsp3) is 0.538. The SMILES string of the molecule is CCCCN(C)C(=O)COc1c(C)[nH]ccc1=O. The lowest BCUT2D eigenvalue weighted by Gasteiger charge is -2.17. The van der Waals surface area contributed by atoms with Gasteiger partial charge in [-0.05, 0) is 13.3 Å². The smallest absolute Gasteiger partial charge is 0.260 e. The Labute approximate surface area is 107 Å².